The Morgan fingerprint density at radius 1 is 1.39 bits per heavy atom. The standard InChI is InChI=1S/C11H12FN5O/c1-16-11(18)17(15-14-16)9-5-7(13)4-8(12)10(9)6-2-3-6/h4-6H,2-3,13H2,1H3. The summed E-state index contributed by atoms with van der Waals surface area (Å²) in [6, 6.07) is 2.84. The van der Waals surface area contributed by atoms with Crippen molar-refractivity contribution in [3.63, 3.8) is 0 Å². The average Bonchev–Trinajstić information content (AvgIpc) is 3.07. The number of aromatic nitrogens is 4. The number of anilines is 1. The second-order valence-electron chi connectivity index (χ2n) is 4.51. The number of nitrogens with two attached hydrogens (primary N) is 1. The van der Waals surface area contributed by atoms with Crippen molar-refractivity contribution in [3.8, 4) is 5.69 Å². The van der Waals surface area contributed by atoms with E-state index in [-0.39, 0.29) is 17.4 Å². The summed E-state index contributed by atoms with van der Waals surface area (Å²) in [5.41, 5.74) is 6.39. The van der Waals surface area contributed by atoms with Gasteiger partial charge in [-0.2, -0.15) is 9.36 Å². The summed E-state index contributed by atoms with van der Waals surface area (Å²) in [4.78, 5) is 11.8. The van der Waals surface area contributed by atoms with Crippen molar-refractivity contribution in [2.45, 2.75) is 18.8 Å². The van der Waals surface area contributed by atoms with E-state index in [9.17, 15) is 9.18 Å². The van der Waals surface area contributed by atoms with Gasteiger partial charge in [0.1, 0.15) is 5.82 Å². The Kier molecular flexibility index (Phi) is 2.22. The first-order valence-electron chi connectivity index (χ1n) is 5.66. The molecule has 94 valence electrons. The summed E-state index contributed by atoms with van der Waals surface area (Å²) >= 11 is 0. The van der Waals surface area contributed by atoms with Gasteiger partial charge in [-0.15, -0.1) is 0 Å². The third kappa shape index (κ3) is 1.59. The quantitative estimate of drug-likeness (QED) is 0.789. The number of halogens is 1. The summed E-state index contributed by atoms with van der Waals surface area (Å²) in [5.74, 6) is -0.237. The van der Waals surface area contributed by atoms with Crippen molar-refractivity contribution in [2.24, 2.45) is 7.05 Å². The van der Waals surface area contributed by atoms with Crippen LogP contribution in [0.15, 0.2) is 16.9 Å². The number of benzene rings is 1. The molecule has 0 atom stereocenters. The van der Waals surface area contributed by atoms with Gasteiger partial charge in [0.05, 0.1) is 5.69 Å². The van der Waals surface area contributed by atoms with Crippen molar-refractivity contribution >= 4 is 5.69 Å². The highest BCUT2D eigenvalue weighted by atomic mass is 19.1. The molecule has 1 aromatic carbocycles. The van der Waals surface area contributed by atoms with Gasteiger partial charge < -0.3 is 5.73 Å². The molecule has 0 aliphatic heterocycles. The first-order valence-corrected chi connectivity index (χ1v) is 5.66. The zero-order valence-corrected chi connectivity index (χ0v) is 9.80. The minimum atomic E-state index is -0.415. The second-order valence-corrected chi connectivity index (χ2v) is 4.51. The summed E-state index contributed by atoms with van der Waals surface area (Å²) < 4.78 is 16.2. The van der Waals surface area contributed by atoms with Crippen LogP contribution < -0.4 is 11.4 Å². The van der Waals surface area contributed by atoms with Crippen LogP contribution in [0.4, 0.5) is 10.1 Å². The SMILES string of the molecule is Cn1nnn(-c2cc(N)cc(F)c2C2CC2)c1=O. The van der Waals surface area contributed by atoms with E-state index < -0.39 is 5.69 Å². The molecule has 0 amide bonds. The normalized spacial score (nSPS) is 15.0. The Morgan fingerprint density at radius 3 is 2.67 bits per heavy atom. The average molecular weight is 249 g/mol. The highest BCUT2D eigenvalue weighted by molar-refractivity contribution is 5.55. The lowest BCUT2D eigenvalue weighted by Gasteiger charge is -2.09. The fraction of sp³-hybridized carbons (Fsp3) is 0.364. The van der Waals surface area contributed by atoms with E-state index in [1.54, 1.807) is 6.07 Å². The van der Waals surface area contributed by atoms with E-state index in [1.165, 1.54) is 13.1 Å². The Hall–Kier alpha value is -2.18. The molecule has 7 heteroatoms. The van der Waals surface area contributed by atoms with Gasteiger partial charge in [0.25, 0.3) is 0 Å². The maximum Gasteiger partial charge on any atom is 0.368 e. The molecule has 18 heavy (non-hydrogen) atoms. The van der Waals surface area contributed by atoms with Crippen molar-refractivity contribution in [2.75, 3.05) is 5.73 Å². The fourth-order valence-electron chi connectivity index (χ4n) is 2.04. The molecule has 1 aliphatic rings. The zero-order chi connectivity index (χ0) is 12.9. The summed E-state index contributed by atoms with van der Waals surface area (Å²) in [5, 5.41) is 7.36. The minimum absolute atomic E-state index is 0.148. The minimum Gasteiger partial charge on any atom is -0.399 e. The molecule has 0 spiro atoms. The van der Waals surface area contributed by atoms with Crippen molar-refractivity contribution in [1.29, 1.82) is 0 Å². The van der Waals surface area contributed by atoms with Crippen LogP contribution in [0.25, 0.3) is 5.69 Å². The maximum absolute atomic E-state index is 14.0. The molecule has 0 bridgehead atoms. The lowest BCUT2D eigenvalue weighted by Crippen LogP contribution is -2.23. The molecule has 1 aliphatic carbocycles. The Bertz CT molecular complexity index is 671. The van der Waals surface area contributed by atoms with E-state index in [0.717, 1.165) is 22.2 Å². The molecule has 2 N–H and O–H groups in total. The fourth-order valence-corrected chi connectivity index (χ4v) is 2.04. The monoisotopic (exact) mass is 249 g/mol. The molecule has 2 aromatic rings. The molecule has 1 aromatic heterocycles. The molecule has 0 unspecified atom stereocenters. The molecule has 0 radical (unpaired) electrons. The van der Waals surface area contributed by atoms with Gasteiger partial charge in [-0.1, -0.05) is 0 Å². The first-order chi connectivity index (χ1) is 8.58. The maximum atomic E-state index is 14.0. The van der Waals surface area contributed by atoms with Gasteiger partial charge >= 0.3 is 5.69 Å². The molecule has 6 nitrogen and oxygen atoms in total. The number of hydrogen-bond donors (Lipinski definition) is 1. The third-order valence-electron chi connectivity index (χ3n) is 3.07. The van der Waals surface area contributed by atoms with Gasteiger partial charge in [-0.05, 0) is 41.3 Å². The number of nitrogen functional groups attached to an aromatic ring is 1. The molecule has 3 rings (SSSR count). The number of aryl methyl sites for hydroxylation is 1. The van der Waals surface area contributed by atoms with E-state index in [0.29, 0.717) is 11.3 Å². The van der Waals surface area contributed by atoms with E-state index >= 15 is 0 Å². The van der Waals surface area contributed by atoms with Crippen LogP contribution >= 0.6 is 0 Å². The summed E-state index contributed by atoms with van der Waals surface area (Å²) in [7, 11) is 1.49. The van der Waals surface area contributed by atoms with Gasteiger partial charge in [-0.3, -0.25) is 0 Å². The van der Waals surface area contributed by atoms with Crippen LogP contribution in [0.2, 0.25) is 0 Å². The van der Waals surface area contributed by atoms with Gasteiger partial charge in [0.2, 0.25) is 0 Å². The van der Waals surface area contributed by atoms with Crippen molar-refractivity contribution in [3.05, 3.63) is 34.0 Å². The molecule has 0 saturated heterocycles. The summed E-state index contributed by atoms with van der Waals surface area (Å²) in [6.45, 7) is 0. The largest absolute Gasteiger partial charge is 0.399 e. The number of rotatable bonds is 2. The van der Waals surface area contributed by atoms with Crippen LogP contribution in [0, 0.1) is 5.82 Å². The Labute approximate surface area is 102 Å². The highest BCUT2D eigenvalue weighted by Crippen LogP contribution is 2.44. The van der Waals surface area contributed by atoms with Gasteiger partial charge in [-0.25, -0.2) is 9.18 Å². The summed E-state index contributed by atoms with van der Waals surface area (Å²) in [6.07, 6.45) is 1.84. The second kappa shape index (κ2) is 3.66. The van der Waals surface area contributed by atoms with E-state index in [4.69, 9.17) is 5.73 Å². The predicted molar refractivity (Wildman–Crippen MR) is 62.9 cm³/mol. The lowest BCUT2D eigenvalue weighted by molar-refractivity contribution is 0.606. The Balaban J connectivity index is 2.27. The van der Waals surface area contributed by atoms with E-state index in [1.807, 2.05) is 0 Å². The molecule has 1 heterocycles. The van der Waals surface area contributed by atoms with Crippen LogP contribution in [-0.4, -0.2) is 19.8 Å². The molecular weight excluding hydrogens is 237 g/mol. The number of tetrazole rings is 1. The van der Waals surface area contributed by atoms with Crippen molar-refractivity contribution < 1.29 is 4.39 Å². The van der Waals surface area contributed by atoms with E-state index in [2.05, 4.69) is 10.4 Å². The first kappa shape index (κ1) is 10.9. The van der Waals surface area contributed by atoms with Crippen LogP contribution in [0.3, 0.4) is 0 Å². The lowest BCUT2D eigenvalue weighted by atomic mass is 10.1. The van der Waals surface area contributed by atoms with Gasteiger partial charge in [0.15, 0.2) is 0 Å². The van der Waals surface area contributed by atoms with Crippen LogP contribution in [-0.2, 0) is 7.05 Å². The molecule has 1 saturated carbocycles. The zero-order valence-electron chi connectivity index (χ0n) is 9.80. The Morgan fingerprint density at radius 2 is 2.11 bits per heavy atom. The number of nitrogens with zero attached hydrogens (tertiary/aromatic N) is 4. The molecule has 1 fully saturated rings. The van der Waals surface area contributed by atoms with Crippen LogP contribution in [0.5, 0.6) is 0 Å². The molecular formula is C11H12FN5O. The van der Waals surface area contributed by atoms with Crippen molar-refractivity contribution in [1.82, 2.24) is 19.8 Å². The predicted octanol–water partition coefficient (Wildman–Crippen LogP) is 0.565. The smallest absolute Gasteiger partial charge is 0.368 e. The topological polar surface area (TPSA) is 78.7 Å². The van der Waals surface area contributed by atoms with Gasteiger partial charge in [0, 0.05) is 18.3 Å². The highest BCUT2D eigenvalue weighted by Gasteiger charge is 2.31. The number of hydrogen-bond acceptors (Lipinski definition) is 4. The third-order valence-corrected chi connectivity index (χ3v) is 3.07. The van der Waals surface area contributed by atoms with Crippen LogP contribution in [0.1, 0.15) is 24.3 Å².